The molecule has 3 heteroatoms. The van der Waals surface area contributed by atoms with Crippen molar-refractivity contribution in [1.82, 2.24) is 5.32 Å². The smallest absolute Gasteiger partial charge is 0.121 e. The molecular formula is C12H20N2O. The van der Waals surface area contributed by atoms with Crippen molar-refractivity contribution in [1.29, 1.82) is 0 Å². The molecule has 2 atom stereocenters. The van der Waals surface area contributed by atoms with E-state index in [9.17, 15) is 0 Å². The van der Waals surface area contributed by atoms with Crippen LogP contribution in [0.4, 0.5) is 0 Å². The van der Waals surface area contributed by atoms with Crippen molar-refractivity contribution in [3.05, 3.63) is 24.2 Å². The zero-order valence-corrected chi connectivity index (χ0v) is 9.28. The van der Waals surface area contributed by atoms with Gasteiger partial charge in [0.1, 0.15) is 5.76 Å². The zero-order chi connectivity index (χ0) is 10.7. The molecule has 0 amide bonds. The second kappa shape index (κ2) is 4.81. The second-order valence-electron chi connectivity index (χ2n) is 4.53. The van der Waals surface area contributed by atoms with Gasteiger partial charge in [-0.05, 0) is 43.4 Å². The Hall–Kier alpha value is -0.800. The predicted octanol–water partition coefficient (Wildman–Crippen LogP) is 1.92. The molecule has 3 nitrogen and oxygen atoms in total. The average Bonchev–Trinajstić information content (AvgIpc) is 2.97. The number of hydrogen-bond donors (Lipinski definition) is 2. The molecule has 0 saturated heterocycles. The Morgan fingerprint density at radius 3 is 2.93 bits per heavy atom. The van der Waals surface area contributed by atoms with Gasteiger partial charge < -0.3 is 15.5 Å². The summed E-state index contributed by atoms with van der Waals surface area (Å²) in [5.74, 6) is 2.64. The van der Waals surface area contributed by atoms with Gasteiger partial charge in [-0.1, -0.05) is 6.92 Å². The number of hydrogen-bond acceptors (Lipinski definition) is 3. The van der Waals surface area contributed by atoms with E-state index in [0.717, 1.165) is 24.1 Å². The van der Waals surface area contributed by atoms with Crippen LogP contribution in [-0.2, 0) is 0 Å². The maximum atomic E-state index is 5.72. The van der Waals surface area contributed by atoms with Gasteiger partial charge in [-0.25, -0.2) is 0 Å². The molecule has 1 aromatic heterocycles. The Bertz CT molecular complexity index is 280. The zero-order valence-electron chi connectivity index (χ0n) is 9.28. The fourth-order valence-corrected chi connectivity index (χ4v) is 1.95. The van der Waals surface area contributed by atoms with Crippen molar-refractivity contribution >= 4 is 0 Å². The third kappa shape index (κ3) is 2.83. The fraction of sp³-hybridized carbons (Fsp3) is 0.667. The van der Waals surface area contributed by atoms with Crippen LogP contribution >= 0.6 is 0 Å². The molecule has 0 radical (unpaired) electrons. The van der Waals surface area contributed by atoms with Gasteiger partial charge in [-0.15, -0.1) is 0 Å². The number of nitrogens with two attached hydrogens (primary N) is 1. The fourth-order valence-electron chi connectivity index (χ4n) is 1.95. The number of nitrogens with one attached hydrogen (secondary N) is 1. The summed E-state index contributed by atoms with van der Waals surface area (Å²) >= 11 is 0. The Balaban J connectivity index is 1.80. The SMILES string of the molecule is CC(CNC(CN)c1ccco1)C1CC1. The summed E-state index contributed by atoms with van der Waals surface area (Å²) in [4.78, 5) is 0. The number of rotatable bonds is 6. The predicted molar refractivity (Wildman–Crippen MR) is 60.4 cm³/mol. The van der Waals surface area contributed by atoms with Gasteiger partial charge >= 0.3 is 0 Å². The van der Waals surface area contributed by atoms with Crippen LogP contribution < -0.4 is 11.1 Å². The Morgan fingerprint density at radius 1 is 1.60 bits per heavy atom. The van der Waals surface area contributed by atoms with Crippen LogP contribution in [0.2, 0.25) is 0 Å². The first-order valence-corrected chi connectivity index (χ1v) is 5.78. The molecule has 84 valence electrons. The van der Waals surface area contributed by atoms with Gasteiger partial charge in [0.2, 0.25) is 0 Å². The molecule has 0 spiro atoms. The lowest BCUT2D eigenvalue weighted by Crippen LogP contribution is -2.31. The van der Waals surface area contributed by atoms with Gasteiger partial charge in [0.15, 0.2) is 0 Å². The molecule has 3 N–H and O–H groups in total. The lowest BCUT2D eigenvalue weighted by Gasteiger charge is -2.17. The third-order valence-corrected chi connectivity index (χ3v) is 3.24. The summed E-state index contributed by atoms with van der Waals surface area (Å²) < 4.78 is 5.35. The minimum atomic E-state index is 0.168. The summed E-state index contributed by atoms with van der Waals surface area (Å²) in [7, 11) is 0. The van der Waals surface area contributed by atoms with E-state index in [1.165, 1.54) is 12.8 Å². The van der Waals surface area contributed by atoms with Crippen molar-refractivity contribution in [3.63, 3.8) is 0 Å². The van der Waals surface area contributed by atoms with E-state index in [-0.39, 0.29) is 6.04 Å². The highest BCUT2D eigenvalue weighted by Gasteiger charge is 2.28. The third-order valence-electron chi connectivity index (χ3n) is 3.24. The van der Waals surface area contributed by atoms with Crippen LogP contribution in [0.5, 0.6) is 0 Å². The first kappa shape index (κ1) is 10.7. The van der Waals surface area contributed by atoms with Crippen LogP contribution in [-0.4, -0.2) is 13.1 Å². The van der Waals surface area contributed by atoms with Crippen LogP contribution in [0.25, 0.3) is 0 Å². The highest BCUT2D eigenvalue weighted by atomic mass is 16.3. The molecule has 1 saturated carbocycles. The minimum Gasteiger partial charge on any atom is -0.468 e. The van der Waals surface area contributed by atoms with E-state index < -0.39 is 0 Å². The maximum Gasteiger partial charge on any atom is 0.121 e. The van der Waals surface area contributed by atoms with Crippen molar-refractivity contribution in [2.24, 2.45) is 17.6 Å². The second-order valence-corrected chi connectivity index (χ2v) is 4.53. The Labute approximate surface area is 91.0 Å². The largest absolute Gasteiger partial charge is 0.468 e. The molecule has 15 heavy (non-hydrogen) atoms. The molecule has 2 unspecified atom stereocenters. The van der Waals surface area contributed by atoms with Gasteiger partial charge in [-0.3, -0.25) is 0 Å². The van der Waals surface area contributed by atoms with Gasteiger partial charge in [-0.2, -0.15) is 0 Å². The van der Waals surface area contributed by atoms with Crippen molar-refractivity contribution in [2.75, 3.05) is 13.1 Å². The monoisotopic (exact) mass is 208 g/mol. The minimum absolute atomic E-state index is 0.168. The highest BCUT2D eigenvalue weighted by molar-refractivity contribution is 5.04. The highest BCUT2D eigenvalue weighted by Crippen LogP contribution is 2.36. The van der Waals surface area contributed by atoms with Crippen LogP contribution in [0, 0.1) is 11.8 Å². The summed E-state index contributed by atoms with van der Waals surface area (Å²) in [5, 5.41) is 3.47. The topological polar surface area (TPSA) is 51.2 Å². The molecule has 0 aliphatic heterocycles. The van der Waals surface area contributed by atoms with Crippen LogP contribution in [0.15, 0.2) is 22.8 Å². The van der Waals surface area contributed by atoms with E-state index >= 15 is 0 Å². The standard InChI is InChI=1S/C12H20N2O/c1-9(10-4-5-10)8-14-11(7-13)12-3-2-6-15-12/h2-3,6,9-11,14H,4-5,7-8,13H2,1H3. The van der Waals surface area contributed by atoms with Crippen molar-refractivity contribution in [3.8, 4) is 0 Å². The van der Waals surface area contributed by atoms with Crippen molar-refractivity contribution < 1.29 is 4.42 Å². The molecule has 0 aromatic carbocycles. The molecular weight excluding hydrogens is 188 g/mol. The van der Waals surface area contributed by atoms with E-state index in [4.69, 9.17) is 10.2 Å². The van der Waals surface area contributed by atoms with Crippen molar-refractivity contribution in [2.45, 2.75) is 25.8 Å². The Kier molecular flexibility index (Phi) is 3.44. The lowest BCUT2D eigenvalue weighted by atomic mass is 10.1. The first-order chi connectivity index (χ1) is 7.31. The van der Waals surface area contributed by atoms with Gasteiger partial charge in [0, 0.05) is 6.54 Å². The molecule has 1 aliphatic rings. The maximum absolute atomic E-state index is 5.72. The van der Waals surface area contributed by atoms with Crippen LogP contribution in [0.1, 0.15) is 31.6 Å². The van der Waals surface area contributed by atoms with Gasteiger partial charge in [0.05, 0.1) is 12.3 Å². The molecule has 1 aromatic rings. The molecule has 1 heterocycles. The first-order valence-electron chi connectivity index (χ1n) is 5.78. The lowest BCUT2D eigenvalue weighted by molar-refractivity contribution is 0.376. The van der Waals surface area contributed by atoms with E-state index in [1.54, 1.807) is 6.26 Å². The normalized spacial score (nSPS) is 20.1. The Morgan fingerprint density at radius 2 is 2.40 bits per heavy atom. The van der Waals surface area contributed by atoms with Gasteiger partial charge in [0.25, 0.3) is 0 Å². The summed E-state index contributed by atoms with van der Waals surface area (Å²) in [6.45, 7) is 3.93. The molecule has 1 aliphatic carbocycles. The molecule has 1 fully saturated rings. The number of furan rings is 1. The quantitative estimate of drug-likeness (QED) is 0.751. The summed E-state index contributed by atoms with van der Waals surface area (Å²) in [6, 6.07) is 4.05. The van der Waals surface area contributed by atoms with E-state index in [0.29, 0.717) is 6.54 Å². The average molecular weight is 208 g/mol. The van der Waals surface area contributed by atoms with E-state index in [1.807, 2.05) is 12.1 Å². The van der Waals surface area contributed by atoms with Crippen LogP contribution in [0.3, 0.4) is 0 Å². The molecule has 0 bridgehead atoms. The molecule has 2 rings (SSSR count). The van der Waals surface area contributed by atoms with E-state index in [2.05, 4.69) is 12.2 Å². The summed E-state index contributed by atoms with van der Waals surface area (Å²) in [5.41, 5.74) is 5.72. The summed E-state index contributed by atoms with van der Waals surface area (Å²) in [6.07, 6.45) is 4.50.